The number of amides is 2. The van der Waals surface area contributed by atoms with Gasteiger partial charge in [0, 0.05) is 25.6 Å². The van der Waals surface area contributed by atoms with Crippen LogP contribution in [0.3, 0.4) is 0 Å². The van der Waals surface area contributed by atoms with Gasteiger partial charge in [0.1, 0.15) is 0 Å². The van der Waals surface area contributed by atoms with Gasteiger partial charge in [-0.3, -0.25) is 0 Å². The number of rotatable bonds is 4. The number of nitrogens with zero attached hydrogens (tertiary/aromatic N) is 1. The van der Waals surface area contributed by atoms with Crippen LogP contribution >= 0.6 is 0 Å². The van der Waals surface area contributed by atoms with Gasteiger partial charge >= 0.3 is 6.03 Å². The number of urea groups is 1. The number of piperidine rings is 1. The molecule has 0 radical (unpaired) electrons. The fourth-order valence-corrected chi connectivity index (χ4v) is 3.56. The van der Waals surface area contributed by atoms with Crippen molar-refractivity contribution in [2.45, 2.75) is 64.4 Å². The molecule has 1 saturated heterocycles. The summed E-state index contributed by atoms with van der Waals surface area (Å²) in [5.41, 5.74) is 0. The van der Waals surface area contributed by atoms with Gasteiger partial charge in [-0.05, 0) is 32.1 Å². The van der Waals surface area contributed by atoms with E-state index in [2.05, 4.69) is 5.32 Å². The van der Waals surface area contributed by atoms with Crippen molar-refractivity contribution >= 4 is 6.03 Å². The van der Waals surface area contributed by atoms with E-state index in [0.717, 1.165) is 38.3 Å². The Morgan fingerprint density at radius 2 is 2.00 bits per heavy atom. The van der Waals surface area contributed by atoms with Crippen LogP contribution in [-0.4, -0.2) is 41.8 Å². The second-order valence-electron chi connectivity index (χ2n) is 6.61. The molecule has 2 amide bonds. The maximum Gasteiger partial charge on any atom is 0.317 e. The van der Waals surface area contributed by atoms with E-state index < -0.39 is 0 Å². The Morgan fingerprint density at radius 1 is 1.25 bits per heavy atom. The van der Waals surface area contributed by atoms with Crippen LogP contribution < -0.4 is 5.32 Å². The number of likely N-dealkylation sites (tertiary alicyclic amines) is 1. The second-order valence-corrected chi connectivity index (χ2v) is 6.61. The van der Waals surface area contributed by atoms with Crippen molar-refractivity contribution in [3.63, 3.8) is 0 Å². The summed E-state index contributed by atoms with van der Waals surface area (Å²) in [5.74, 6) is 1.06. The van der Waals surface area contributed by atoms with E-state index in [0.29, 0.717) is 6.54 Å². The Bertz CT molecular complexity index is 301. The van der Waals surface area contributed by atoms with Crippen LogP contribution in [-0.2, 0) is 0 Å². The van der Waals surface area contributed by atoms with E-state index in [1.807, 2.05) is 11.8 Å². The van der Waals surface area contributed by atoms with Gasteiger partial charge in [-0.1, -0.05) is 32.1 Å². The molecule has 0 aromatic rings. The first-order valence-corrected chi connectivity index (χ1v) is 8.37. The quantitative estimate of drug-likeness (QED) is 0.833. The Balaban J connectivity index is 1.66. The standard InChI is InChI=1S/C16H30N2O2/c1-13(19)15-8-5-11-18(12-15)16(20)17-10-9-14-6-3-2-4-7-14/h13-15,19H,2-12H2,1H3,(H,17,20). The van der Waals surface area contributed by atoms with Crippen LogP contribution in [0.4, 0.5) is 4.79 Å². The zero-order valence-electron chi connectivity index (χ0n) is 12.8. The lowest BCUT2D eigenvalue weighted by Gasteiger charge is -2.34. The van der Waals surface area contributed by atoms with Crippen LogP contribution in [0.1, 0.15) is 58.3 Å². The van der Waals surface area contributed by atoms with E-state index in [-0.39, 0.29) is 18.1 Å². The number of aliphatic hydroxyl groups is 1. The molecule has 4 heteroatoms. The summed E-state index contributed by atoms with van der Waals surface area (Å²) < 4.78 is 0. The number of hydrogen-bond acceptors (Lipinski definition) is 2. The minimum absolute atomic E-state index is 0.0613. The van der Waals surface area contributed by atoms with Crippen LogP contribution in [0.25, 0.3) is 0 Å². The van der Waals surface area contributed by atoms with Crippen molar-refractivity contribution in [2.24, 2.45) is 11.8 Å². The van der Waals surface area contributed by atoms with Gasteiger partial charge in [0.25, 0.3) is 0 Å². The molecule has 0 aromatic carbocycles. The SMILES string of the molecule is CC(O)C1CCCN(C(=O)NCCC2CCCCC2)C1. The average Bonchev–Trinajstić information content (AvgIpc) is 2.48. The minimum Gasteiger partial charge on any atom is -0.393 e. The molecule has 2 aliphatic rings. The summed E-state index contributed by atoms with van der Waals surface area (Å²) >= 11 is 0. The van der Waals surface area contributed by atoms with Crippen LogP contribution in [0, 0.1) is 11.8 Å². The summed E-state index contributed by atoms with van der Waals surface area (Å²) in [6, 6.07) is 0.0613. The van der Waals surface area contributed by atoms with E-state index in [1.165, 1.54) is 32.1 Å². The van der Waals surface area contributed by atoms with Gasteiger partial charge < -0.3 is 15.3 Å². The number of hydrogen-bond donors (Lipinski definition) is 2. The van der Waals surface area contributed by atoms with Gasteiger partial charge in [-0.2, -0.15) is 0 Å². The predicted octanol–water partition coefficient (Wildman–Crippen LogP) is 2.76. The van der Waals surface area contributed by atoms with Crippen molar-refractivity contribution < 1.29 is 9.90 Å². The van der Waals surface area contributed by atoms with Crippen molar-refractivity contribution in [1.82, 2.24) is 10.2 Å². The van der Waals surface area contributed by atoms with E-state index in [4.69, 9.17) is 0 Å². The molecule has 1 aliphatic heterocycles. The van der Waals surface area contributed by atoms with Crippen molar-refractivity contribution in [1.29, 1.82) is 0 Å². The summed E-state index contributed by atoms with van der Waals surface area (Å²) in [4.78, 5) is 14.0. The maximum atomic E-state index is 12.1. The highest BCUT2D eigenvalue weighted by Gasteiger charge is 2.26. The molecular formula is C16H30N2O2. The smallest absolute Gasteiger partial charge is 0.317 e. The van der Waals surface area contributed by atoms with Gasteiger partial charge in [0.15, 0.2) is 0 Å². The first-order valence-electron chi connectivity index (χ1n) is 8.37. The second kappa shape index (κ2) is 7.87. The summed E-state index contributed by atoms with van der Waals surface area (Å²) in [7, 11) is 0. The number of nitrogens with one attached hydrogen (secondary N) is 1. The molecule has 0 bridgehead atoms. The van der Waals surface area contributed by atoms with Gasteiger partial charge in [0.2, 0.25) is 0 Å². The molecule has 116 valence electrons. The first kappa shape index (κ1) is 15.6. The third-order valence-corrected chi connectivity index (χ3v) is 4.98. The van der Waals surface area contributed by atoms with E-state index in [1.54, 1.807) is 0 Å². The summed E-state index contributed by atoms with van der Waals surface area (Å²) in [6.45, 7) is 4.17. The Morgan fingerprint density at radius 3 is 2.70 bits per heavy atom. The maximum absolute atomic E-state index is 12.1. The topological polar surface area (TPSA) is 52.6 Å². The van der Waals surface area contributed by atoms with Crippen molar-refractivity contribution in [2.75, 3.05) is 19.6 Å². The molecule has 20 heavy (non-hydrogen) atoms. The molecule has 2 unspecified atom stereocenters. The average molecular weight is 282 g/mol. The molecule has 2 rings (SSSR count). The number of carbonyl (C=O) groups is 1. The molecule has 2 N–H and O–H groups in total. The molecule has 1 heterocycles. The predicted molar refractivity (Wildman–Crippen MR) is 80.6 cm³/mol. The van der Waals surface area contributed by atoms with Crippen LogP contribution in [0.2, 0.25) is 0 Å². The minimum atomic E-state index is -0.312. The summed E-state index contributed by atoms with van der Waals surface area (Å²) in [5, 5.41) is 12.7. The molecule has 1 aliphatic carbocycles. The highest BCUT2D eigenvalue weighted by molar-refractivity contribution is 5.74. The molecule has 0 aromatic heterocycles. The van der Waals surface area contributed by atoms with Gasteiger partial charge in [-0.25, -0.2) is 4.79 Å². The Kier molecular flexibility index (Phi) is 6.14. The fraction of sp³-hybridized carbons (Fsp3) is 0.938. The lowest BCUT2D eigenvalue weighted by molar-refractivity contribution is 0.0738. The third-order valence-electron chi connectivity index (χ3n) is 4.98. The Labute approximate surface area is 122 Å². The van der Waals surface area contributed by atoms with E-state index >= 15 is 0 Å². The highest BCUT2D eigenvalue weighted by Crippen LogP contribution is 2.25. The summed E-state index contributed by atoms with van der Waals surface area (Å²) in [6.07, 6.45) is 9.63. The lowest BCUT2D eigenvalue weighted by atomic mass is 9.87. The zero-order chi connectivity index (χ0) is 14.4. The first-order chi connectivity index (χ1) is 9.66. The number of carbonyl (C=O) groups excluding carboxylic acids is 1. The molecule has 4 nitrogen and oxygen atoms in total. The molecular weight excluding hydrogens is 252 g/mol. The zero-order valence-corrected chi connectivity index (χ0v) is 12.8. The van der Waals surface area contributed by atoms with Gasteiger partial charge in [0.05, 0.1) is 6.10 Å². The van der Waals surface area contributed by atoms with Crippen LogP contribution in [0.15, 0.2) is 0 Å². The number of aliphatic hydroxyl groups excluding tert-OH is 1. The van der Waals surface area contributed by atoms with Crippen molar-refractivity contribution in [3.05, 3.63) is 0 Å². The lowest BCUT2D eigenvalue weighted by Crippen LogP contribution is -2.47. The molecule has 2 atom stereocenters. The normalized spacial score (nSPS) is 26.3. The Hall–Kier alpha value is -0.770. The van der Waals surface area contributed by atoms with E-state index in [9.17, 15) is 9.90 Å². The largest absolute Gasteiger partial charge is 0.393 e. The fourth-order valence-electron chi connectivity index (χ4n) is 3.56. The molecule has 1 saturated carbocycles. The monoisotopic (exact) mass is 282 g/mol. The van der Waals surface area contributed by atoms with Crippen molar-refractivity contribution in [3.8, 4) is 0 Å². The highest BCUT2D eigenvalue weighted by atomic mass is 16.3. The van der Waals surface area contributed by atoms with Crippen LogP contribution in [0.5, 0.6) is 0 Å². The third kappa shape index (κ3) is 4.65. The van der Waals surface area contributed by atoms with Gasteiger partial charge in [-0.15, -0.1) is 0 Å². The molecule has 2 fully saturated rings. The molecule has 0 spiro atoms.